The summed E-state index contributed by atoms with van der Waals surface area (Å²) in [6.45, 7) is 3.58. The fraction of sp³-hybridized carbons (Fsp3) is 0.200. The minimum atomic E-state index is -5.49. The van der Waals surface area contributed by atoms with E-state index in [9.17, 15) is 26.3 Å². The van der Waals surface area contributed by atoms with E-state index in [0.717, 1.165) is 11.1 Å². The molecule has 3 rings (SSSR count). The molecule has 0 spiro atoms. The fourth-order valence-electron chi connectivity index (χ4n) is 2.90. The molecule has 2 aromatic carbocycles. The van der Waals surface area contributed by atoms with Crippen LogP contribution < -0.4 is 0 Å². The maximum Gasteiger partial charge on any atom is 0.421 e. The van der Waals surface area contributed by atoms with Crippen LogP contribution in [0.15, 0.2) is 59.7 Å². The quantitative estimate of drug-likeness (QED) is 0.521. The molecule has 0 amide bonds. The zero-order valence-corrected chi connectivity index (χ0v) is 13.9. The van der Waals surface area contributed by atoms with Gasteiger partial charge in [0, 0.05) is 5.57 Å². The Balaban J connectivity index is 2.24. The summed E-state index contributed by atoms with van der Waals surface area (Å²) < 4.78 is 79.3. The molecule has 0 saturated carbocycles. The third-order valence-electron chi connectivity index (χ3n) is 4.18. The highest BCUT2D eigenvalue weighted by atomic mass is 19.4. The van der Waals surface area contributed by atoms with Gasteiger partial charge in [-0.1, -0.05) is 59.7 Å². The van der Waals surface area contributed by atoms with Gasteiger partial charge in [0.1, 0.15) is 5.57 Å². The van der Waals surface area contributed by atoms with E-state index in [0.29, 0.717) is 11.1 Å². The molecule has 0 radical (unpaired) electrons. The van der Waals surface area contributed by atoms with Crippen LogP contribution in [-0.2, 0) is 0 Å². The van der Waals surface area contributed by atoms with Crippen LogP contribution in [0.5, 0.6) is 0 Å². The Hall–Kier alpha value is -2.50. The van der Waals surface area contributed by atoms with Crippen LogP contribution in [0.3, 0.4) is 0 Å². The van der Waals surface area contributed by atoms with Gasteiger partial charge >= 0.3 is 12.4 Å². The van der Waals surface area contributed by atoms with Crippen molar-refractivity contribution < 1.29 is 26.3 Å². The summed E-state index contributed by atoms with van der Waals surface area (Å²) in [7, 11) is 0. The van der Waals surface area contributed by atoms with Crippen LogP contribution >= 0.6 is 0 Å². The fourth-order valence-corrected chi connectivity index (χ4v) is 2.90. The highest BCUT2D eigenvalue weighted by Crippen LogP contribution is 2.59. The summed E-state index contributed by atoms with van der Waals surface area (Å²) in [6.07, 6.45) is -11.0. The largest absolute Gasteiger partial charge is 0.421 e. The molecule has 1 aliphatic rings. The third-order valence-corrected chi connectivity index (χ3v) is 4.18. The van der Waals surface area contributed by atoms with Crippen LogP contribution in [0.1, 0.15) is 22.3 Å². The number of alkyl halides is 6. The van der Waals surface area contributed by atoms with Crippen molar-refractivity contribution in [3.63, 3.8) is 0 Å². The molecule has 0 aliphatic heterocycles. The molecular formula is C20H14F6. The van der Waals surface area contributed by atoms with Crippen LogP contribution in [0.4, 0.5) is 26.3 Å². The van der Waals surface area contributed by atoms with Gasteiger partial charge in [0.15, 0.2) is 0 Å². The lowest BCUT2D eigenvalue weighted by molar-refractivity contribution is -0.172. The van der Waals surface area contributed by atoms with Crippen molar-refractivity contribution >= 4 is 11.1 Å². The highest BCUT2D eigenvalue weighted by molar-refractivity contribution is 6.26. The lowest BCUT2D eigenvalue weighted by Gasteiger charge is -2.15. The molecule has 0 saturated heterocycles. The number of allylic oxidation sites excluding steroid dienone is 4. The molecule has 0 bridgehead atoms. The standard InChI is InChI=1S/C20H14F6/c1-11-3-7-13(8-4-11)15-16(14-9-5-12(2)6-10-14)17(15)18(19(21,22)23)20(24,25)26/h3-10H,1-2H3. The second-order valence-corrected chi connectivity index (χ2v) is 6.23. The minimum Gasteiger partial charge on any atom is -0.166 e. The maximum atomic E-state index is 13.2. The average Bonchev–Trinajstić information content (AvgIpc) is 3.20. The number of aryl methyl sites for hydroxylation is 2. The molecule has 0 unspecified atom stereocenters. The predicted octanol–water partition coefficient (Wildman–Crippen LogP) is 6.65. The predicted molar refractivity (Wildman–Crippen MR) is 88.3 cm³/mol. The molecule has 0 nitrogen and oxygen atoms in total. The summed E-state index contributed by atoms with van der Waals surface area (Å²) in [5.74, 6) is 0. The summed E-state index contributed by atoms with van der Waals surface area (Å²) in [5, 5.41) is 0. The van der Waals surface area contributed by atoms with Crippen molar-refractivity contribution in [1.82, 2.24) is 0 Å². The van der Waals surface area contributed by atoms with Gasteiger partial charge in [0.25, 0.3) is 0 Å². The van der Waals surface area contributed by atoms with Gasteiger partial charge in [0.2, 0.25) is 0 Å². The first kappa shape index (κ1) is 18.3. The van der Waals surface area contributed by atoms with E-state index in [2.05, 4.69) is 0 Å². The average molecular weight is 368 g/mol. The minimum absolute atomic E-state index is 0.00139. The topological polar surface area (TPSA) is 0 Å². The second kappa shape index (κ2) is 6.04. The van der Waals surface area contributed by atoms with Crippen LogP contribution in [0, 0.1) is 13.8 Å². The van der Waals surface area contributed by atoms with E-state index in [-0.39, 0.29) is 11.1 Å². The molecule has 0 aromatic heterocycles. The van der Waals surface area contributed by atoms with Crippen molar-refractivity contribution in [3.05, 3.63) is 81.9 Å². The first-order valence-electron chi connectivity index (χ1n) is 7.78. The van der Waals surface area contributed by atoms with E-state index in [1.165, 1.54) is 24.3 Å². The van der Waals surface area contributed by atoms with Crippen molar-refractivity contribution in [3.8, 4) is 0 Å². The first-order valence-corrected chi connectivity index (χ1v) is 7.78. The van der Waals surface area contributed by atoms with Gasteiger partial charge < -0.3 is 0 Å². The van der Waals surface area contributed by atoms with E-state index in [1.54, 1.807) is 38.1 Å². The summed E-state index contributed by atoms with van der Waals surface area (Å²) >= 11 is 0. The molecular weight excluding hydrogens is 354 g/mol. The Morgan fingerprint density at radius 2 is 0.885 bits per heavy atom. The van der Waals surface area contributed by atoms with E-state index >= 15 is 0 Å². The van der Waals surface area contributed by atoms with Crippen molar-refractivity contribution in [2.75, 3.05) is 0 Å². The Bertz CT molecular complexity index is 818. The Labute approximate surface area is 146 Å². The summed E-state index contributed by atoms with van der Waals surface area (Å²) in [5.41, 5.74) is -0.807. The monoisotopic (exact) mass is 368 g/mol. The Morgan fingerprint density at radius 3 is 1.15 bits per heavy atom. The molecule has 0 heterocycles. The highest BCUT2D eigenvalue weighted by Gasteiger charge is 2.56. The zero-order chi connectivity index (χ0) is 19.3. The van der Waals surface area contributed by atoms with Gasteiger partial charge in [-0.15, -0.1) is 0 Å². The molecule has 6 heteroatoms. The number of hydrogen-bond acceptors (Lipinski definition) is 0. The lowest BCUT2D eigenvalue weighted by atomic mass is 10.1. The Kier molecular flexibility index (Phi) is 4.25. The number of benzene rings is 2. The SMILES string of the molecule is Cc1ccc(C2=C(c3ccc(C)cc3)C2=C(C(F)(F)F)C(F)(F)F)cc1. The molecule has 0 fully saturated rings. The van der Waals surface area contributed by atoms with Crippen molar-refractivity contribution in [2.45, 2.75) is 26.2 Å². The van der Waals surface area contributed by atoms with Gasteiger partial charge in [-0.25, -0.2) is 0 Å². The third kappa shape index (κ3) is 3.41. The second-order valence-electron chi connectivity index (χ2n) is 6.23. The molecule has 0 N–H and O–H groups in total. The smallest absolute Gasteiger partial charge is 0.166 e. The van der Waals surface area contributed by atoms with Crippen LogP contribution in [0.25, 0.3) is 11.1 Å². The van der Waals surface area contributed by atoms with Gasteiger partial charge in [-0.05, 0) is 36.1 Å². The van der Waals surface area contributed by atoms with E-state index in [1.807, 2.05) is 0 Å². The number of hydrogen-bond donors (Lipinski definition) is 0. The van der Waals surface area contributed by atoms with Crippen LogP contribution in [-0.4, -0.2) is 12.4 Å². The number of halogens is 6. The summed E-state index contributed by atoms with van der Waals surface area (Å²) in [4.78, 5) is 0. The maximum absolute atomic E-state index is 13.2. The van der Waals surface area contributed by atoms with Gasteiger partial charge in [0.05, 0.1) is 0 Å². The lowest BCUT2D eigenvalue weighted by Crippen LogP contribution is -2.26. The molecule has 26 heavy (non-hydrogen) atoms. The molecule has 1 aliphatic carbocycles. The van der Waals surface area contributed by atoms with E-state index in [4.69, 9.17) is 0 Å². The molecule has 136 valence electrons. The first-order chi connectivity index (χ1) is 12.0. The van der Waals surface area contributed by atoms with Crippen LogP contribution in [0.2, 0.25) is 0 Å². The molecule has 2 aromatic rings. The molecule has 0 atom stereocenters. The zero-order valence-electron chi connectivity index (χ0n) is 13.9. The summed E-state index contributed by atoms with van der Waals surface area (Å²) in [6, 6.07) is 12.8. The van der Waals surface area contributed by atoms with Gasteiger partial charge in [-0.3, -0.25) is 0 Å². The number of rotatable bonds is 2. The van der Waals surface area contributed by atoms with Crippen molar-refractivity contribution in [1.29, 1.82) is 0 Å². The normalized spacial score (nSPS) is 14.7. The van der Waals surface area contributed by atoms with Crippen molar-refractivity contribution in [2.24, 2.45) is 0 Å². The van der Waals surface area contributed by atoms with Gasteiger partial charge in [-0.2, -0.15) is 26.3 Å². The van der Waals surface area contributed by atoms with E-state index < -0.39 is 23.5 Å². The Morgan fingerprint density at radius 1 is 0.577 bits per heavy atom.